The SMILES string of the molecule is Cc1cc(C)c(C)c(COc2ccc(-c3ccoc3C(=O)OC(=O)c3ccc(O)c([N+](=O)[O-])c3C(=O)NN)cc2)c1C. The van der Waals surface area contributed by atoms with Crippen molar-refractivity contribution in [2.45, 2.75) is 34.3 Å². The van der Waals surface area contributed by atoms with E-state index < -0.39 is 45.3 Å². The maximum Gasteiger partial charge on any atom is 0.382 e. The standard InChI is InChI=1S/C30H27N3O9/c1-15-13-16(2)18(4)23(17(15)3)14-41-20-7-5-19(6-8-20)21-11-12-40-27(21)30(37)42-29(36)22-9-10-24(34)26(33(38)39)25(22)28(35)32-31/h5-13,34H,14,31H2,1-4H3,(H,32,35). The zero-order chi connectivity index (χ0) is 30.7. The average Bonchev–Trinajstić information content (AvgIpc) is 3.46. The van der Waals surface area contributed by atoms with Crippen LogP contribution >= 0.6 is 0 Å². The number of furan rings is 1. The van der Waals surface area contributed by atoms with Crippen LogP contribution in [0.5, 0.6) is 11.5 Å². The Kier molecular flexibility index (Phi) is 8.39. The minimum Gasteiger partial charge on any atom is -0.502 e. The molecule has 1 amide bonds. The molecule has 0 saturated carbocycles. The van der Waals surface area contributed by atoms with E-state index in [-0.39, 0.29) is 5.76 Å². The zero-order valence-electron chi connectivity index (χ0n) is 23.1. The van der Waals surface area contributed by atoms with Crippen molar-refractivity contribution in [2.24, 2.45) is 5.84 Å². The lowest BCUT2D eigenvalue weighted by molar-refractivity contribution is -0.386. The monoisotopic (exact) mass is 573 g/mol. The van der Waals surface area contributed by atoms with Crippen molar-refractivity contribution < 1.29 is 38.3 Å². The highest BCUT2D eigenvalue weighted by molar-refractivity contribution is 6.12. The van der Waals surface area contributed by atoms with Gasteiger partial charge in [-0.25, -0.2) is 15.4 Å². The van der Waals surface area contributed by atoms with Gasteiger partial charge in [-0.2, -0.15) is 0 Å². The molecule has 0 spiro atoms. The van der Waals surface area contributed by atoms with Crippen molar-refractivity contribution in [3.05, 3.63) is 110 Å². The molecule has 4 aromatic rings. The fourth-order valence-electron chi connectivity index (χ4n) is 4.52. The lowest BCUT2D eigenvalue weighted by Gasteiger charge is -2.16. The number of ether oxygens (including phenoxy) is 2. The molecule has 216 valence electrons. The highest BCUT2D eigenvalue weighted by atomic mass is 16.6. The Balaban J connectivity index is 1.54. The normalized spacial score (nSPS) is 10.7. The van der Waals surface area contributed by atoms with Crippen LogP contribution in [0, 0.1) is 37.8 Å². The average molecular weight is 574 g/mol. The lowest BCUT2D eigenvalue weighted by Crippen LogP contribution is -2.32. The van der Waals surface area contributed by atoms with E-state index in [2.05, 4.69) is 33.8 Å². The highest BCUT2D eigenvalue weighted by Crippen LogP contribution is 2.33. The molecular formula is C30H27N3O9. The van der Waals surface area contributed by atoms with Crippen LogP contribution in [-0.2, 0) is 11.3 Å². The van der Waals surface area contributed by atoms with Gasteiger partial charge in [-0.05, 0) is 91.4 Å². The number of amides is 1. The molecule has 1 aromatic heterocycles. The largest absolute Gasteiger partial charge is 0.502 e. The number of nitrogens with one attached hydrogen (secondary N) is 1. The van der Waals surface area contributed by atoms with Crippen LogP contribution in [-0.4, -0.2) is 27.9 Å². The Labute approximate surface area is 239 Å². The van der Waals surface area contributed by atoms with E-state index in [1.807, 2.05) is 0 Å². The molecule has 1 heterocycles. The van der Waals surface area contributed by atoms with E-state index in [9.17, 15) is 29.6 Å². The number of carbonyl (C=O) groups excluding carboxylic acids is 3. The molecule has 4 N–H and O–H groups in total. The molecule has 12 nitrogen and oxygen atoms in total. The first-order chi connectivity index (χ1) is 19.9. The molecule has 0 atom stereocenters. The number of nitrogens with zero attached hydrogens (tertiary/aromatic N) is 1. The Bertz CT molecular complexity index is 1700. The second kappa shape index (κ2) is 11.9. The Morgan fingerprint density at radius 1 is 0.976 bits per heavy atom. The van der Waals surface area contributed by atoms with Crippen molar-refractivity contribution in [3.8, 4) is 22.6 Å². The van der Waals surface area contributed by atoms with E-state index in [0.29, 0.717) is 23.5 Å². The van der Waals surface area contributed by atoms with Crippen LogP contribution in [0.3, 0.4) is 0 Å². The van der Waals surface area contributed by atoms with Crippen molar-refractivity contribution in [3.63, 3.8) is 0 Å². The van der Waals surface area contributed by atoms with E-state index >= 15 is 0 Å². The topological polar surface area (TPSA) is 184 Å². The van der Waals surface area contributed by atoms with Gasteiger partial charge in [0.05, 0.1) is 16.7 Å². The minimum atomic E-state index is -1.40. The minimum absolute atomic E-state index is 0.303. The van der Waals surface area contributed by atoms with Gasteiger partial charge in [0.25, 0.3) is 5.91 Å². The molecule has 4 rings (SSSR count). The summed E-state index contributed by atoms with van der Waals surface area (Å²) in [5, 5.41) is 21.3. The van der Waals surface area contributed by atoms with Gasteiger partial charge in [0.1, 0.15) is 17.9 Å². The molecule has 42 heavy (non-hydrogen) atoms. The van der Waals surface area contributed by atoms with Gasteiger partial charge in [-0.3, -0.25) is 20.3 Å². The van der Waals surface area contributed by atoms with Crippen LogP contribution in [0.4, 0.5) is 5.69 Å². The molecule has 0 radical (unpaired) electrons. The quantitative estimate of drug-likeness (QED) is 0.0649. The van der Waals surface area contributed by atoms with Crippen LogP contribution in [0.2, 0.25) is 0 Å². The number of nitro benzene ring substituents is 1. The zero-order valence-corrected chi connectivity index (χ0v) is 23.1. The lowest BCUT2D eigenvalue weighted by atomic mass is 9.95. The summed E-state index contributed by atoms with van der Waals surface area (Å²) in [6.07, 6.45) is 1.23. The summed E-state index contributed by atoms with van der Waals surface area (Å²) in [5.74, 6) is 0.619. The van der Waals surface area contributed by atoms with Gasteiger partial charge >= 0.3 is 17.6 Å². The number of benzene rings is 3. The Morgan fingerprint density at radius 3 is 2.21 bits per heavy atom. The van der Waals surface area contributed by atoms with Gasteiger partial charge < -0.3 is 19.0 Å². The first-order valence-corrected chi connectivity index (χ1v) is 12.6. The third-order valence-corrected chi connectivity index (χ3v) is 7.02. The number of nitrogens with two attached hydrogens (primary N) is 1. The summed E-state index contributed by atoms with van der Waals surface area (Å²) in [7, 11) is 0. The van der Waals surface area contributed by atoms with E-state index in [4.69, 9.17) is 19.7 Å². The maximum atomic E-state index is 12.9. The molecular weight excluding hydrogens is 546 g/mol. The second-order valence-electron chi connectivity index (χ2n) is 9.48. The van der Waals surface area contributed by atoms with Crippen LogP contribution in [0.15, 0.2) is 59.2 Å². The number of hydrogen-bond donors (Lipinski definition) is 3. The predicted molar refractivity (Wildman–Crippen MR) is 150 cm³/mol. The van der Waals surface area contributed by atoms with Crippen molar-refractivity contribution in [1.29, 1.82) is 0 Å². The molecule has 0 bridgehead atoms. The molecule has 12 heteroatoms. The van der Waals surface area contributed by atoms with Crippen molar-refractivity contribution in [1.82, 2.24) is 5.43 Å². The number of phenols is 1. The van der Waals surface area contributed by atoms with Crippen LogP contribution in [0.1, 0.15) is 59.1 Å². The van der Waals surface area contributed by atoms with Crippen molar-refractivity contribution in [2.75, 3.05) is 0 Å². The van der Waals surface area contributed by atoms with Crippen LogP contribution in [0.25, 0.3) is 11.1 Å². The van der Waals surface area contributed by atoms with E-state index in [0.717, 1.165) is 17.7 Å². The fraction of sp³-hybridized carbons (Fsp3) is 0.167. The smallest absolute Gasteiger partial charge is 0.382 e. The number of aromatic hydroxyl groups is 1. The highest BCUT2D eigenvalue weighted by Gasteiger charge is 2.33. The first kappa shape index (κ1) is 29.5. The summed E-state index contributed by atoms with van der Waals surface area (Å²) in [6, 6.07) is 12.2. The van der Waals surface area contributed by atoms with Gasteiger partial charge in [-0.1, -0.05) is 18.2 Å². The summed E-state index contributed by atoms with van der Waals surface area (Å²) in [5.41, 5.74) is 5.74. The number of esters is 2. The Morgan fingerprint density at radius 2 is 1.62 bits per heavy atom. The van der Waals surface area contributed by atoms with Crippen molar-refractivity contribution >= 4 is 23.5 Å². The number of hydrazine groups is 1. The molecule has 0 fully saturated rings. The first-order valence-electron chi connectivity index (χ1n) is 12.6. The number of nitro groups is 1. The molecule has 0 unspecified atom stereocenters. The third-order valence-electron chi connectivity index (χ3n) is 7.02. The van der Waals surface area contributed by atoms with Crippen LogP contribution < -0.4 is 16.0 Å². The number of phenolic OH excluding ortho intramolecular Hbond substituents is 1. The Hall–Kier alpha value is -5.49. The fourth-order valence-corrected chi connectivity index (χ4v) is 4.52. The molecule has 0 aliphatic carbocycles. The predicted octanol–water partition coefficient (Wildman–Crippen LogP) is 4.97. The summed E-state index contributed by atoms with van der Waals surface area (Å²) in [6.45, 7) is 8.62. The van der Waals surface area contributed by atoms with Gasteiger partial charge in [0.15, 0.2) is 5.75 Å². The number of aryl methyl sites for hydroxylation is 2. The van der Waals surface area contributed by atoms with Gasteiger partial charge in [-0.15, -0.1) is 0 Å². The summed E-state index contributed by atoms with van der Waals surface area (Å²) >= 11 is 0. The van der Waals surface area contributed by atoms with Gasteiger partial charge in [0, 0.05) is 5.56 Å². The van der Waals surface area contributed by atoms with E-state index in [1.54, 1.807) is 29.7 Å². The number of rotatable bonds is 8. The number of nitrogen functional groups attached to an aromatic ring is 1. The third kappa shape index (κ3) is 5.69. The maximum absolute atomic E-state index is 12.9. The molecule has 0 saturated heterocycles. The molecule has 3 aromatic carbocycles. The summed E-state index contributed by atoms with van der Waals surface area (Å²) in [4.78, 5) is 48.3. The molecule has 0 aliphatic rings. The number of carbonyl (C=O) groups is 3. The van der Waals surface area contributed by atoms with Gasteiger partial charge in [0.2, 0.25) is 5.76 Å². The van der Waals surface area contributed by atoms with E-state index in [1.165, 1.54) is 34.6 Å². The molecule has 0 aliphatic heterocycles. The second-order valence-corrected chi connectivity index (χ2v) is 9.48. The number of hydrogen-bond acceptors (Lipinski definition) is 10. The summed E-state index contributed by atoms with van der Waals surface area (Å²) < 4.78 is 16.2.